The number of hydrogen-bond acceptors (Lipinski definition) is 2. The van der Waals surface area contributed by atoms with Crippen molar-refractivity contribution in [3.8, 4) is 0 Å². The van der Waals surface area contributed by atoms with Gasteiger partial charge in [0.15, 0.2) is 0 Å². The van der Waals surface area contributed by atoms with Gasteiger partial charge in [0, 0.05) is 10.8 Å². The number of carboxylic acid groups (broad SMARTS) is 1. The van der Waals surface area contributed by atoms with Gasteiger partial charge in [0.2, 0.25) is 0 Å². The molecule has 0 aromatic carbocycles. The SMILES string of the molecule is O=C(O)[C@H]1C[C@@H]1c1cccs1. The molecule has 0 saturated heterocycles. The maximum absolute atomic E-state index is 10.5. The molecular weight excluding hydrogens is 160 g/mol. The summed E-state index contributed by atoms with van der Waals surface area (Å²) in [6.07, 6.45) is 0.829. The topological polar surface area (TPSA) is 37.3 Å². The molecule has 0 bridgehead atoms. The zero-order chi connectivity index (χ0) is 7.84. The Morgan fingerprint density at radius 1 is 1.73 bits per heavy atom. The highest BCUT2D eigenvalue weighted by atomic mass is 32.1. The predicted molar refractivity (Wildman–Crippen MR) is 42.8 cm³/mol. The Labute approximate surface area is 68.5 Å². The smallest absolute Gasteiger partial charge is 0.307 e. The van der Waals surface area contributed by atoms with Gasteiger partial charge < -0.3 is 5.11 Å². The van der Waals surface area contributed by atoms with Gasteiger partial charge in [0.1, 0.15) is 0 Å². The second kappa shape index (κ2) is 2.34. The maximum atomic E-state index is 10.5. The van der Waals surface area contributed by atoms with Gasteiger partial charge in [-0.15, -0.1) is 11.3 Å². The van der Waals surface area contributed by atoms with E-state index < -0.39 is 5.97 Å². The van der Waals surface area contributed by atoms with E-state index in [2.05, 4.69) is 0 Å². The third-order valence-corrected chi connectivity index (χ3v) is 3.02. The van der Waals surface area contributed by atoms with Crippen LogP contribution in [0.3, 0.4) is 0 Å². The van der Waals surface area contributed by atoms with Crippen molar-refractivity contribution in [3.63, 3.8) is 0 Å². The molecule has 0 amide bonds. The predicted octanol–water partition coefficient (Wildman–Crippen LogP) is 1.94. The molecule has 2 nitrogen and oxygen atoms in total. The van der Waals surface area contributed by atoms with Crippen molar-refractivity contribution in [2.45, 2.75) is 12.3 Å². The van der Waals surface area contributed by atoms with Crippen LogP contribution < -0.4 is 0 Å². The minimum absolute atomic E-state index is 0.103. The summed E-state index contributed by atoms with van der Waals surface area (Å²) < 4.78 is 0. The van der Waals surface area contributed by atoms with E-state index in [9.17, 15) is 4.79 Å². The molecular formula is C8H8O2S. The van der Waals surface area contributed by atoms with Gasteiger partial charge in [-0.25, -0.2) is 0 Å². The van der Waals surface area contributed by atoms with Crippen LogP contribution in [0.25, 0.3) is 0 Å². The molecule has 1 aromatic heterocycles. The van der Waals surface area contributed by atoms with E-state index in [4.69, 9.17) is 5.11 Å². The molecule has 0 radical (unpaired) electrons. The molecule has 0 spiro atoms. The lowest BCUT2D eigenvalue weighted by Gasteiger charge is -1.88. The minimum Gasteiger partial charge on any atom is -0.481 e. The van der Waals surface area contributed by atoms with Crippen molar-refractivity contribution in [3.05, 3.63) is 22.4 Å². The molecule has 2 rings (SSSR count). The normalized spacial score (nSPS) is 28.4. The van der Waals surface area contributed by atoms with E-state index in [0.29, 0.717) is 5.92 Å². The van der Waals surface area contributed by atoms with Crippen LogP contribution in [0.4, 0.5) is 0 Å². The van der Waals surface area contributed by atoms with Crippen molar-refractivity contribution in [2.75, 3.05) is 0 Å². The molecule has 1 aliphatic rings. The van der Waals surface area contributed by atoms with E-state index in [1.165, 1.54) is 4.88 Å². The monoisotopic (exact) mass is 168 g/mol. The zero-order valence-corrected chi connectivity index (χ0v) is 6.67. The molecule has 2 atom stereocenters. The average molecular weight is 168 g/mol. The quantitative estimate of drug-likeness (QED) is 0.732. The minimum atomic E-state index is -0.650. The lowest BCUT2D eigenvalue weighted by molar-refractivity contribution is -0.138. The molecule has 58 valence electrons. The number of aliphatic carboxylic acids is 1. The number of hydrogen-bond donors (Lipinski definition) is 1. The van der Waals surface area contributed by atoms with Gasteiger partial charge >= 0.3 is 5.97 Å². The summed E-state index contributed by atoms with van der Waals surface area (Å²) in [4.78, 5) is 11.7. The Morgan fingerprint density at radius 3 is 3.00 bits per heavy atom. The van der Waals surface area contributed by atoms with Gasteiger partial charge in [-0.3, -0.25) is 4.79 Å². The number of carboxylic acids is 1. The number of thiophene rings is 1. The van der Waals surface area contributed by atoms with E-state index in [-0.39, 0.29) is 5.92 Å². The Kier molecular flexibility index (Phi) is 1.46. The fourth-order valence-electron chi connectivity index (χ4n) is 1.28. The third kappa shape index (κ3) is 1.16. The third-order valence-electron chi connectivity index (χ3n) is 2.02. The first-order chi connectivity index (χ1) is 5.29. The average Bonchev–Trinajstić information content (AvgIpc) is 2.60. The molecule has 1 aromatic rings. The van der Waals surface area contributed by atoms with Crippen molar-refractivity contribution in [1.29, 1.82) is 0 Å². The Morgan fingerprint density at radius 2 is 2.55 bits per heavy atom. The van der Waals surface area contributed by atoms with Gasteiger partial charge in [-0.05, 0) is 17.9 Å². The van der Waals surface area contributed by atoms with Crippen LogP contribution in [-0.2, 0) is 4.79 Å². The lowest BCUT2D eigenvalue weighted by Crippen LogP contribution is -1.97. The highest BCUT2D eigenvalue weighted by Gasteiger charge is 2.44. The highest BCUT2D eigenvalue weighted by Crippen LogP contribution is 2.48. The molecule has 3 heteroatoms. The summed E-state index contributed by atoms with van der Waals surface area (Å²) in [7, 11) is 0. The zero-order valence-electron chi connectivity index (χ0n) is 5.86. The first-order valence-electron chi connectivity index (χ1n) is 3.55. The van der Waals surface area contributed by atoms with Crippen molar-refractivity contribution in [2.24, 2.45) is 5.92 Å². The van der Waals surface area contributed by atoms with Crippen molar-refractivity contribution < 1.29 is 9.90 Å². The van der Waals surface area contributed by atoms with Crippen LogP contribution in [0, 0.1) is 5.92 Å². The van der Waals surface area contributed by atoms with Crippen LogP contribution >= 0.6 is 11.3 Å². The summed E-state index contributed by atoms with van der Waals surface area (Å²) in [5, 5.41) is 10.6. The largest absolute Gasteiger partial charge is 0.481 e. The Hall–Kier alpha value is -0.830. The molecule has 11 heavy (non-hydrogen) atoms. The number of carbonyl (C=O) groups is 1. The molecule has 1 fully saturated rings. The molecule has 0 unspecified atom stereocenters. The Balaban J connectivity index is 2.08. The van der Waals surface area contributed by atoms with Crippen LogP contribution in [0.1, 0.15) is 17.2 Å². The number of rotatable bonds is 2. The first-order valence-corrected chi connectivity index (χ1v) is 4.43. The van der Waals surface area contributed by atoms with Crippen LogP contribution in [0.15, 0.2) is 17.5 Å². The second-order valence-electron chi connectivity index (χ2n) is 2.80. The fraction of sp³-hybridized carbons (Fsp3) is 0.375. The molecule has 1 N–H and O–H groups in total. The summed E-state index contributed by atoms with van der Waals surface area (Å²) in [6.45, 7) is 0. The van der Waals surface area contributed by atoms with Gasteiger partial charge in [0.25, 0.3) is 0 Å². The van der Waals surface area contributed by atoms with Gasteiger partial charge in [-0.2, -0.15) is 0 Å². The standard InChI is InChI=1S/C8H8O2S/c9-8(10)6-4-5(6)7-2-1-3-11-7/h1-3,5-6H,4H2,(H,9,10)/t5-,6-/m0/s1. The fourth-order valence-corrected chi connectivity index (χ4v) is 2.19. The summed E-state index contributed by atoms with van der Waals surface area (Å²) in [6, 6.07) is 3.98. The summed E-state index contributed by atoms with van der Waals surface area (Å²) in [5.41, 5.74) is 0. The van der Waals surface area contributed by atoms with E-state index in [1.54, 1.807) is 11.3 Å². The molecule has 0 aliphatic heterocycles. The maximum Gasteiger partial charge on any atom is 0.307 e. The van der Waals surface area contributed by atoms with E-state index in [0.717, 1.165) is 6.42 Å². The summed E-state index contributed by atoms with van der Waals surface area (Å²) >= 11 is 1.65. The molecule has 1 aliphatic carbocycles. The van der Waals surface area contributed by atoms with Crippen molar-refractivity contribution in [1.82, 2.24) is 0 Å². The highest BCUT2D eigenvalue weighted by molar-refractivity contribution is 7.10. The Bertz CT molecular complexity index is 266. The van der Waals surface area contributed by atoms with Crippen molar-refractivity contribution >= 4 is 17.3 Å². The van der Waals surface area contributed by atoms with Crippen LogP contribution in [0.2, 0.25) is 0 Å². The first kappa shape index (κ1) is 6.85. The van der Waals surface area contributed by atoms with Crippen LogP contribution in [0.5, 0.6) is 0 Å². The molecule has 1 heterocycles. The van der Waals surface area contributed by atoms with E-state index in [1.807, 2.05) is 17.5 Å². The van der Waals surface area contributed by atoms with Gasteiger partial charge in [-0.1, -0.05) is 6.07 Å². The van der Waals surface area contributed by atoms with Gasteiger partial charge in [0.05, 0.1) is 5.92 Å². The lowest BCUT2D eigenvalue weighted by atomic mass is 10.3. The molecule has 1 saturated carbocycles. The second-order valence-corrected chi connectivity index (χ2v) is 3.78. The summed E-state index contributed by atoms with van der Waals surface area (Å²) in [5.74, 6) is -0.440. The van der Waals surface area contributed by atoms with Crippen LogP contribution in [-0.4, -0.2) is 11.1 Å². The van der Waals surface area contributed by atoms with E-state index >= 15 is 0 Å².